The van der Waals surface area contributed by atoms with Crippen LogP contribution in [0.5, 0.6) is 0 Å². The fraction of sp³-hybridized carbons (Fsp3) is 0.538. The Morgan fingerprint density at radius 1 is 0.864 bits per heavy atom. The molecule has 0 spiro atoms. The van der Waals surface area contributed by atoms with Crippen molar-refractivity contribution in [3.8, 4) is 0 Å². The largest absolute Gasteiger partial charge is 0.509 e. The lowest BCUT2D eigenvalue weighted by Crippen LogP contribution is -2.86. The predicted octanol–water partition coefficient (Wildman–Crippen LogP) is 1.57. The van der Waals surface area contributed by atoms with Gasteiger partial charge in [-0.3, -0.25) is 0 Å². The van der Waals surface area contributed by atoms with Crippen LogP contribution in [0.25, 0.3) is 0 Å². The molecule has 0 saturated carbocycles. The zero-order valence-corrected chi connectivity index (χ0v) is 17.0. The van der Waals surface area contributed by atoms with E-state index in [-0.39, 0.29) is 0 Å². The zero-order chi connectivity index (χ0) is 17.1. The van der Waals surface area contributed by atoms with Gasteiger partial charge in [0.1, 0.15) is 7.59 Å². The van der Waals surface area contributed by atoms with Crippen molar-refractivity contribution in [3.05, 3.63) is 36.8 Å². The van der Waals surface area contributed by atoms with Crippen LogP contribution in [0.15, 0.2) is 36.8 Å². The standard InChI is InChI=1S/C13H26O6Si3/c1-9-20(10-2)12-13(14-4,15-5)19-22(17-7,18-8)21(20,11-3)16-6/h9-11H,1-3,12H2,4-8H3. The first kappa shape index (κ1) is 19.7. The van der Waals surface area contributed by atoms with E-state index < -0.39 is 29.2 Å². The second-order valence-corrected chi connectivity index (χ2v) is 23.2. The highest BCUT2D eigenvalue weighted by Gasteiger charge is 2.78. The second kappa shape index (κ2) is 7.03. The first-order valence-corrected chi connectivity index (χ1v) is 14.8. The van der Waals surface area contributed by atoms with Gasteiger partial charge in [0.15, 0.2) is 0 Å². The van der Waals surface area contributed by atoms with Crippen LogP contribution in [0.4, 0.5) is 0 Å². The summed E-state index contributed by atoms with van der Waals surface area (Å²) in [4.78, 5) is 0. The van der Waals surface area contributed by atoms with Gasteiger partial charge in [-0.05, 0) is 0 Å². The average molecular weight is 363 g/mol. The lowest BCUT2D eigenvalue weighted by Gasteiger charge is -2.56. The van der Waals surface area contributed by atoms with Gasteiger partial charge in [-0.1, -0.05) is 17.1 Å². The quantitative estimate of drug-likeness (QED) is 0.482. The maximum atomic E-state index is 6.17. The molecule has 1 rings (SSSR count). The molecule has 1 unspecified atom stereocenters. The Balaban J connectivity index is 3.74. The van der Waals surface area contributed by atoms with Crippen LogP contribution in [0, 0.1) is 0 Å². The number of methoxy groups -OCH3 is 2. The smallest absolute Gasteiger partial charge is 0.413 e. The van der Waals surface area contributed by atoms with E-state index >= 15 is 0 Å². The Hall–Kier alpha value is -0.369. The Labute approximate surface area is 135 Å². The third kappa shape index (κ3) is 2.37. The molecule has 1 aliphatic rings. The van der Waals surface area contributed by atoms with E-state index in [4.69, 9.17) is 27.2 Å². The van der Waals surface area contributed by atoms with Crippen LogP contribution in [-0.4, -0.2) is 64.8 Å². The Morgan fingerprint density at radius 3 is 1.64 bits per heavy atom. The summed E-state index contributed by atoms with van der Waals surface area (Å²) in [5.41, 5.74) is 5.63. The van der Waals surface area contributed by atoms with Gasteiger partial charge in [0.2, 0.25) is 0 Å². The van der Waals surface area contributed by atoms with Crippen LogP contribution in [0.2, 0.25) is 6.04 Å². The normalized spacial score (nSPS) is 28.8. The molecule has 1 fully saturated rings. The Morgan fingerprint density at radius 2 is 1.36 bits per heavy atom. The molecule has 0 bridgehead atoms. The molecule has 6 nitrogen and oxygen atoms in total. The molecule has 9 heteroatoms. The summed E-state index contributed by atoms with van der Waals surface area (Å²) >= 11 is 0. The summed E-state index contributed by atoms with van der Waals surface area (Å²) in [6.07, 6.45) is 0. The average Bonchev–Trinajstić information content (AvgIpc) is 2.60. The molecule has 126 valence electrons. The third-order valence-electron chi connectivity index (χ3n) is 4.44. The van der Waals surface area contributed by atoms with Gasteiger partial charge in [0.25, 0.3) is 13.3 Å². The summed E-state index contributed by atoms with van der Waals surface area (Å²) in [6, 6.07) is 0.452. The highest BCUT2D eigenvalue weighted by atomic mass is 29.7. The van der Waals surface area contributed by atoms with Crippen molar-refractivity contribution in [1.82, 2.24) is 0 Å². The number of hydrogen-bond acceptors (Lipinski definition) is 6. The van der Waals surface area contributed by atoms with E-state index in [2.05, 4.69) is 19.7 Å². The first-order chi connectivity index (χ1) is 10.4. The fourth-order valence-corrected chi connectivity index (χ4v) is 30.9. The summed E-state index contributed by atoms with van der Waals surface area (Å²) in [7, 11) is -0.853. The van der Waals surface area contributed by atoms with Crippen molar-refractivity contribution in [1.29, 1.82) is 0 Å². The van der Waals surface area contributed by atoms with Gasteiger partial charge in [0, 0.05) is 41.6 Å². The second-order valence-electron chi connectivity index (χ2n) is 4.93. The van der Waals surface area contributed by atoms with Gasteiger partial charge in [-0.25, -0.2) is 0 Å². The minimum Gasteiger partial charge on any atom is -0.413 e. The lowest BCUT2D eigenvalue weighted by molar-refractivity contribution is -0.325. The van der Waals surface area contributed by atoms with Crippen molar-refractivity contribution in [2.45, 2.75) is 12.0 Å². The molecule has 0 aromatic rings. The summed E-state index contributed by atoms with van der Waals surface area (Å²) in [5, 5.41) is 0. The molecular weight excluding hydrogens is 336 g/mol. The maximum Gasteiger partial charge on any atom is 0.509 e. The molecule has 0 aromatic heterocycles. The van der Waals surface area contributed by atoms with Crippen molar-refractivity contribution in [2.75, 3.05) is 35.5 Å². The van der Waals surface area contributed by atoms with Crippen LogP contribution in [-0.2, 0) is 27.2 Å². The first-order valence-electron chi connectivity index (χ1n) is 6.77. The van der Waals surface area contributed by atoms with E-state index in [1.54, 1.807) is 21.3 Å². The number of hydrogen-bond donors (Lipinski definition) is 0. The van der Waals surface area contributed by atoms with Crippen molar-refractivity contribution in [3.63, 3.8) is 0 Å². The molecular formula is C13H26O6Si3. The SMILES string of the molecule is C=C[Si]1(C=C)CC(OC)(OC)O[Si](OC)(OC)[Si]1(C=C)OC. The van der Waals surface area contributed by atoms with E-state index in [1.165, 1.54) is 14.2 Å². The molecule has 1 atom stereocenters. The van der Waals surface area contributed by atoms with Crippen molar-refractivity contribution < 1.29 is 27.2 Å². The molecule has 1 aliphatic heterocycles. The van der Waals surface area contributed by atoms with E-state index in [0.29, 0.717) is 6.04 Å². The van der Waals surface area contributed by atoms with Gasteiger partial charge in [0.05, 0.1) is 0 Å². The maximum absolute atomic E-state index is 6.17. The molecule has 0 aliphatic carbocycles. The molecule has 0 N–H and O–H groups in total. The topological polar surface area (TPSA) is 55.4 Å². The number of ether oxygens (including phenoxy) is 2. The van der Waals surface area contributed by atoms with Crippen LogP contribution < -0.4 is 0 Å². The van der Waals surface area contributed by atoms with Crippen molar-refractivity contribution in [2.24, 2.45) is 0 Å². The van der Waals surface area contributed by atoms with Crippen molar-refractivity contribution >= 4 is 23.3 Å². The Kier molecular flexibility index (Phi) is 6.29. The lowest BCUT2D eigenvalue weighted by atomic mass is 10.6. The van der Waals surface area contributed by atoms with E-state index in [1.807, 2.05) is 17.1 Å². The van der Waals surface area contributed by atoms with Crippen LogP contribution in [0.1, 0.15) is 0 Å². The molecule has 1 heterocycles. The molecule has 0 amide bonds. The van der Waals surface area contributed by atoms with Crippen LogP contribution in [0.3, 0.4) is 0 Å². The highest BCUT2D eigenvalue weighted by molar-refractivity contribution is 7.68. The third-order valence-corrected chi connectivity index (χ3v) is 31.6. The van der Waals surface area contributed by atoms with Gasteiger partial charge in [-0.2, -0.15) is 0 Å². The van der Waals surface area contributed by atoms with Gasteiger partial charge >= 0.3 is 8.32 Å². The molecule has 0 aromatic carbocycles. The van der Waals surface area contributed by atoms with Crippen LogP contribution >= 0.6 is 0 Å². The summed E-state index contributed by atoms with van der Waals surface area (Å²) in [6.45, 7) is 12.1. The van der Waals surface area contributed by atoms with Gasteiger partial charge < -0.3 is 27.2 Å². The number of rotatable bonds is 8. The molecule has 1 saturated heterocycles. The molecule has 22 heavy (non-hydrogen) atoms. The van der Waals surface area contributed by atoms with Gasteiger partial charge in [-0.15, -0.1) is 19.7 Å². The minimum absolute atomic E-state index is 0.452. The minimum atomic E-state index is -3.30. The summed E-state index contributed by atoms with van der Waals surface area (Å²) < 4.78 is 34.8. The fourth-order valence-electron chi connectivity index (χ4n) is 3.12. The predicted molar refractivity (Wildman–Crippen MR) is 91.5 cm³/mol. The zero-order valence-electron chi connectivity index (χ0n) is 14.0. The molecule has 0 radical (unpaired) electrons. The highest BCUT2D eigenvalue weighted by Crippen LogP contribution is 2.47. The van der Waals surface area contributed by atoms with E-state index in [9.17, 15) is 0 Å². The summed E-state index contributed by atoms with van der Waals surface area (Å²) in [5.74, 6) is -1.27. The van der Waals surface area contributed by atoms with E-state index in [0.717, 1.165) is 0 Å². The Bertz CT molecular complexity index is 427. The monoisotopic (exact) mass is 362 g/mol.